The molecule has 2 aromatic rings. The Hall–Kier alpha value is -1.81. The van der Waals surface area contributed by atoms with Crippen LogP contribution in [0.2, 0.25) is 0 Å². The smallest absolute Gasteiger partial charge is 0.174 e. The van der Waals surface area contributed by atoms with Gasteiger partial charge in [-0.05, 0) is 33.8 Å². The molecule has 1 aromatic heterocycles. The molecule has 1 N–H and O–H groups in total. The number of benzene rings is 1. The van der Waals surface area contributed by atoms with Crippen molar-refractivity contribution < 1.29 is 9.26 Å². The zero-order valence-corrected chi connectivity index (χ0v) is 12.6. The number of ether oxygens (including phenoxy) is 1. The summed E-state index contributed by atoms with van der Waals surface area (Å²) in [7, 11) is 0. The summed E-state index contributed by atoms with van der Waals surface area (Å²) in [6.07, 6.45) is 0. The summed E-state index contributed by atoms with van der Waals surface area (Å²) in [5.41, 5.74) is 2.08. The lowest BCUT2D eigenvalue weighted by molar-refractivity contribution is 0.246. The zero-order chi connectivity index (χ0) is 14.6. The van der Waals surface area contributed by atoms with Crippen molar-refractivity contribution in [3.63, 3.8) is 0 Å². The van der Waals surface area contributed by atoms with Gasteiger partial charge in [0.25, 0.3) is 0 Å². The Bertz CT molecular complexity index is 556. The minimum atomic E-state index is 0.0785. The van der Waals surface area contributed by atoms with Crippen molar-refractivity contribution in [1.29, 1.82) is 0 Å². The topological polar surface area (TPSA) is 47.3 Å². The molecule has 0 bridgehead atoms. The fourth-order valence-electron chi connectivity index (χ4n) is 1.78. The minimum Gasteiger partial charge on any atom is -0.485 e. The molecule has 4 heteroatoms. The van der Waals surface area contributed by atoms with Crippen LogP contribution in [0.25, 0.3) is 0 Å². The lowest BCUT2D eigenvalue weighted by atomic mass is 10.1. The van der Waals surface area contributed by atoms with Crippen LogP contribution in [0.5, 0.6) is 5.75 Å². The average Bonchev–Trinajstić information content (AvgIpc) is 2.80. The molecular weight excluding hydrogens is 252 g/mol. The highest BCUT2D eigenvalue weighted by atomic mass is 16.5. The van der Waals surface area contributed by atoms with Gasteiger partial charge < -0.3 is 14.6 Å². The summed E-state index contributed by atoms with van der Waals surface area (Å²) in [6.45, 7) is 9.51. The van der Waals surface area contributed by atoms with Gasteiger partial charge >= 0.3 is 0 Å². The molecule has 4 nitrogen and oxygen atoms in total. The highest BCUT2D eigenvalue weighted by molar-refractivity contribution is 5.33. The molecule has 0 atom stereocenters. The van der Waals surface area contributed by atoms with Gasteiger partial charge in [0.1, 0.15) is 12.4 Å². The number of hydrogen-bond donors (Lipinski definition) is 1. The second-order valence-corrected chi connectivity index (χ2v) is 5.93. The third-order valence-corrected chi connectivity index (χ3v) is 2.83. The lowest BCUT2D eigenvalue weighted by Crippen LogP contribution is -2.35. The maximum Gasteiger partial charge on any atom is 0.174 e. The first-order valence-electron chi connectivity index (χ1n) is 6.82. The molecule has 0 aliphatic rings. The van der Waals surface area contributed by atoms with Crippen LogP contribution in [0.15, 0.2) is 34.9 Å². The van der Waals surface area contributed by atoms with Gasteiger partial charge in [0.05, 0.1) is 5.69 Å². The maximum atomic E-state index is 5.83. The van der Waals surface area contributed by atoms with Crippen LogP contribution in [0, 0.1) is 6.92 Å². The normalized spacial score (nSPS) is 11.6. The second-order valence-electron chi connectivity index (χ2n) is 5.93. The molecule has 1 aromatic carbocycles. The number of nitrogens with zero attached hydrogens (tertiary/aromatic N) is 1. The Morgan fingerprint density at radius 3 is 2.65 bits per heavy atom. The largest absolute Gasteiger partial charge is 0.485 e. The zero-order valence-electron chi connectivity index (χ0n) is 12.6. The van der Waals surface area contributed by atoms with Gasteiger partial charge in [-0.25, -0.2) is 0 Å². The van der Waals surface area contributed by atoms with E-state index in [0.29, 0.717) is 6.61 Å². The third-order valence-electron chi connectivity index (χ3n) is 2.83. The summed E-state index contributed by atoms with van der Waals surface area (Å²) in [5, 5.41) is 7.32. The summed E-state index contributed by atoms with van der Waals surface area (Å²) < 4.78 is 11.0. The Kier molecular flexibility index (Phi) is 4.45. The quantitative estimate of drug-likeness (QED) is 0.907. The van der Waals surface area contributed by atoms with Crippen molar-refractivity contribution in [2.24, 2.45) is 0 Å². The number of aryl methyl sites for hydroxylation is 1. The van der Waals surface area contributed by atoms with E-state index in [2.05, 4.69) is 37.3 Å². The van der Waals surface area contributed by atoms with Crippen LogP contribution in [0.3, 0.4) is 0 Å². The van der Waals surface area contributed by atoms with Crippen LogP contribution < -0.4 is 10.1 Å². The summed E-state index contributed by atoms with van der Waals surface area (Å²) >= 11 is 0. The molecule has 20 heavy (non-hydrogen) atoms. The van der Waals surface area contributed by atoms with Gasteiger partial charge in [0, 0.05) is 23.7 Å². The van der Waals surface area contributed by atoms with E-state index in [-0.39, 0.29) is 5.54 Å². The van der Waals surface area contributed by atoms with Crippen LogP contribution in [0.4, 0.5) is 0 Å². The van der Waals surface area contributed by atoms with Crippen molar-refractivity contribution >= 4 is 0 Å². The van der Waals surface area contributed by atoms with Gasteiger partial charge in [-0.3, -0.25) is 0 Å². The van der Waals surface area contributed by atoms with Crippen molar-refractivity contribution in [3.8, 4) is 5.75 Å². The molecular formula is C16H22N2O2. The van der Waals surface area contributed by atoms with E-state index in [0.717, 1.165) is 29.3 Å². The van der Waals surface area contributed by atoms with Crippen LogP contribution in [0.1, 0.15) is 37.8 Å². The highest BCUT2D eigenvalue weighted by Gasteiger charge is 2.11. The van der Waals surface area contributed by atoms with Crippen LogP contribution >= 0.6 is 0 Å². The summed E-state index contributed by atoms with van der Waals surface area (Å²) in [6, 6.07) is 9.92. The molecule has 0 fully saturated rings. The van der Waals surface area contributed by atoms with Crippen molar-refractivity contribution in [1.82, 2.24) is 10.5 Å². The van der Waals surface area contributed by atoms with Gasteiger partial charge in [-0.2, -0.15) is 0 Å². The van der Waals surface area contributed by atoms with Gasteiger partial charge in [-0.15, -0.1) is 0 Å². The molecule has 0 unspecified atom stereocenters. The Balaban J connectivity index is 2.00. The number of rotatable bonds is 5. The first kappa shape index (κ1) is 14.6. The predicted molar refractivity (Wildman–Crippen MR) is 78.6 cm³/mol. The molecule has 2 rings (SSSR count). The molecule has 0 aliphatic heterocycles. The highest BCUT2D eigenvalue weighted by Crippen LogP contribution is 2.20. The van der Waals surface area contributed by atoms with E-state index in [1.807, 2.05) is 31.2 Å². The standard InChI is InChI=1S/C16H22N2O2/c1-12-9-14(20-18-12)11-19-15-8-6-5-7-13(15)10-17-16(2,3)4/h5-9,17H,10-11H2,1-4H3. The van der Waals surface area contributed by atoms with Crippen molar-refractivity contribution in [2.75, 3.05) is 0 Å². The fourth-order valence-corrected chi connectivity index (χ4v) is 1.78. The fraction of sp³-hybridized carbons (Fsp3) is 0.438. The monoisotopic (exact) mass is 274 g/mol. The summed E-state index contributed by atoms with van der Waals surface area (Å²) in [5.74, 6) is 1.61. The van der Waals surface area contributed by atoms with Crippen molar-refractivity contribution in [2.45, 2.75) is 46.4 Å². The molecule has 0 saturated carbocycles. The Labute approximate surface area is 120 Å². The summed E-state index contributed by atoms with van der Waals surface area (Å²) in [4.78, 5) is 0. The van der Waals surface area contributed by atoms with Gasteiger partial charge in [0.2, 0.25) is 0 Å². The Morgan fingerprint density at radius 2 is 2.00 bits per heavy atom. The number of nitrogens with one attached hydrogen (secondary N) is 1. The molecule has 0 aliphatic carbocycles. The van der Waals surface area contributed by atoms with E-state index >= 15 is 0 Å². The number of hydrogen-bond acceptors (Lipinski definition) is 4. The van der Waals surface area contributed by atoms with Crippen LogP contribution in [-0.2, 0) is 13.2 Å². The lowest BCUT2D eigenvalue weighted by Gasteiger charge is -2.21. The average molecular weight is 274 g/mol. The molecule has 0 spiro atoms. The van der Waals surface area contributed by atoms with Crippen molar-refractivity contribution in [3.05, 3.63) is 47.3 Å². The number of para-hydroxylation sites is 1. The molecule has 0 radical (unpaired) electrons. The van der Waals surface area contributed by atoms with Crippen LogP contribution in [-0.4, -0.2) is 10.7 Å². The molecule has 0 saturated heterocycles. The van der Waals surface area contributed by atoms with E-state index in [9.17, 15) is 0 Å². The second kappa shape index (κ2) is 6.09. The van der Waals surface area contributed by atoms with E-state index in [1.165, 1.54) is 0 Å². The first-order valence-corrected chi connectivity index (χ1v) is 6.82. The van der Waals surface area contributed by atoms with Gasteiger partial charge in [0.15, 0.2) is 5.76 Å². The van der Waals surface area contributed by atoms with E-state index < -0.39 is 0 Å². The maximum absolute atomic E-state index is 5.83. The predicted octanol–water partition coefficient (Wildman–Crippen LogP) is 3.45. The molecule has 108 valence electrons. The Morgan fingerprint density at radius 1 is 1.25 bits per heavy atom. The number of aromatic nitrogens is 1. The van der Waals surface area contributed by atoms with E-state index in [1.54, 1.807) is 0 Å². The van der Waals surface area contributed by atoms with E-state index in [4.69, 9.17) is 9.26 Å². The molecule has 0 amide bonds. The SMILES string of the molecule is Cc1cc(COc2ccccc2CNC(C)(C)C)on1. The first-order chi connectivity index (χ1) is 9.44. The van der Waals surface area contributed by atoms with Gasteiger partial charge in [-0.1, -0.05) is 23.4 Å². The molecule has 1 heterocycles. The third kappa shape index (κ3) is 4.38. The minimum absolute atomic E-state index is 0.0785.